The van der Waals surface area contributed by atoms with E-state index in [9.17, 15) is 15.2 Å². The topological polar surface area (TPSA) is 87.6 Å². The van der Waals surface area contributed by atoms with Crippen LogP contribution >= 0.6 is 0 Å². The molecule has 0 atom stereocenters. The number of nitrogens with zero attached hydrogens (tertiary/aromatic N) is 3. The number of aliphatic imine (C=N–C) groups is 1. The van der Waals surface area contributed by atoms with Crippen molar-refractivity contribution >= 4 is 11.9 Å². The number of unbranched alkanes of at least 4 members (excludes halogenated alkanes) is 2. The minimum atomic E-state index is -0.463. The second kappa shape index (κ2) is 9.58. The van der Waals surface area contributed by atoms with Crippen LogP contribution < -0.4 is 10.3 Å². The van der Waals surface area contributed by atoms with Gasteiger partial charge in [0.05, 0.1) is 12.2 Å². The summed E-state index contributed by atoms with van der Waals surface area (Å²) in [6, 6.07) is 9.27. The Labute approximate surface area is 159 Å². The minimum absolute atomic E-state index is 0.0313. The maximum absolute atomic E-state index is 12.5. The number of benzene rings is 1. The van der Waals surface area contributed by atoms with E-state index in [1.54, 1.807) is 13.0 Å². The van der Waals surface area contributed by atoms with Gasteiger partial charge in [-0.1, -0.05) is 31.9 Å². The Morgan fingerprint density at radius 1 is 1.30 bits per heavy atom. The monoisotopic (exact) mass is 367 g/mol. The first-order valence-electron chi connectivity index (χ1n) is 9.17. The van der Waals surface area contributed by atoms with E-state index < -0.39 is 5.56 Å². The van der Waals surface area contributed by atoms with E-state index in [1.165, 1.54) is 10.8 Å². The fourth-order valence-corrected chi connectivity index (χ4v) is 2.83. The third-order valence-corrected chi connectivity index (χ3v) is 4.33. The summed E-state index contributed by atoms with van der Waals surface area (Å²) in [6.07, 6.45) is 4.17. The molecule has 0 unspecified atom stereocenters. The van der Waals surface area contributed by atoms with Gasteiger partial charge in [-0.05, 0) is 38.0 Å². The average Bonchev–Trinajstić information content (AvgIpc) is 2.66. The van der Waals surface area contributed by atoms with Gasteiger partial charge in [0.2, 0.25) is 5.88 Å². The normalized spacial score (nSPS) is 10.9. The summed E-state index contributed by atoms with van der Waals surface area (Å²) in [7, 11) is 0. The molecule has 27 heavy (non-hydrogen) atoms. The summed E-state index contributed by atoms with van der Waals surface area (Å²) in [6.45, 7) is 6.47. The van der Waals surface area contributed by atoms with Crippen molar-refractivity contribution in [2.45, 2.75) is 46.6 Å². The number of nitriles is 1. The van der Waals surface area contributed by atoms with Gasteiger partial charge in [0.15, 0.2) is 0 Å². The van der Waals surface area contributed by atoms with Crippen LogP contribution in [0.1, 0.15) is 49.8 Å². The number of aromatic nitrogens is 1. The highest BCUT2D eigenvalue weighted by atomic mass is 16.5. The molecule has 0 bridgehead atoms. The van der Waals surface area contributed by atoms with Gasteiger partial charge >= 0.3 is 0 Å². The highest BCUT2D eigenvalue weighted by Gasteiger charge is 2.17. The number of aromatic hydroxyl groups is 1. The Balaban J connectivity index is 2.52. The number of hydrogen-bond acceptors (Lipinski definition) is 5. The second-order valence-corrected chi connectivity index (χ2v) is 6.17. The number of ether oxygens (including phenoxy) is 1. The Morgan fingerprint density at radius 2 is 2.04 bits per heavy atom. The summed E-state index contributed by atoms with van der Waals surface area (Å²) < 4.78 is 6.82. The van der Waals surface area contributed by atoms with Crippen LogP contribution in [0.5, 0.6) is 11.6 Å². The first kappa shape index (κ1) is 20.2. The van der Waals surface area contributed by atoms with Gasteiger partial charge in [-0.3, -0.25) is 14.4 Å². The zero-order valence-electron chi connectivity index (χ0n) is 16.0. The summed E-state index contributed by atoms with van der Waals surface area (Å²) >= 11 is 0. The van der Waals surface area contributed by atoms with Gasteiger partial charge < -0.3 is 9.84 Å². The standard InChI is InChI=1S/C21H25N3O3/c1-4-6-9-12-24-20(25)16(13-22)15(3)17(21(24)26)14-23-18-10-7-8-11-19(18)27-5-2/h7-8,10-11,14,26H,4-6,9,12H2,1-3H3. The van der Waals surface area contributed by atoms with Crippen molar-refractivity contribution in [1.82, 2.24) is 4.57 Å². The van der Waals surface area contributed by atoms with Crippen LogP contribution in [0, 0.1) is 18.3 Å². The van der Waals surface area contributed by atoms with Crippen LogP contribution in [0.4, 0.5) is 5.69 Å². The minimum Gasteiger partial charge on any atom is -0.494 e. The highest BCUT2D eigenvalue weighted by Crippen LogP contribution is 2.28. The molecule has 0 fully saturated rings. The predicted molar refractivity (Wildman–Crippen MR) is 106 cm³/mol. The van der Waals surface area contributed by atoms with Crippen LogP contribution in [-0.2, 0) is 6.54 Å². The third kappa shape index (κ3) is 4.56. The quantitative estimate of drug-likeness (QED) is 0.563. The van der Waals surface area contributed by atoms with E-state index in [0.717, 1.165) is 19.3 Å². The molecular weight excluding hydrogens is 342 g/mol. The third-order valence-electron chi connectivity index (χ3n) is 4.33. The molecule has 1 N–H and O–H groups in total. The molecular formula is C21H25N3O3. The van der Waals surface area contributed by atoms with Crippen molar-refractivity contribution in [3.8, 4) is 17.7 Å². The smallest absolute Gasteiger partial charge is 0.271 e. The van der Waals surface area contributed by atoms with Gasteiger partial charge in [-0.2, -0.15) is 5.26 Å². The van der Waals surface area contributed by atoms with E-state index in [-0.39, 0.29) is 11.4 Å². The summed E-state index contributed by atoms with van der Waals surface area (Å²) in [5.74, 6) is 0.468. The molecule has 0 amide bonds. The number of hydrogen-bond donors (Lipinski definition) is 1. The molecule has 0 radical (unpaired) electrons. The van der Waals surface area contributed by atoms with Crippen LogP contribution in [0.3, 0.4) is 0 Å². The fraction of sp³-hybridized carbons (Fsp3) is 0.381. The van der Waals surface area contributed by atoms with Crippen LogP contribution in [-0.4, -0.2) is 22.5 Å². The van der Waals surface area contributed by atoms with Crippen LogP contribution in [0.15, 0.2) is 34.1 Å². The maximum atomic E-state index is 12.5. The molecule has 2 rings (SSSR count). The largest absolute Gasteiger partial charge is 0.494 e. The van der Waals surface area contributed by atoms with Gasteiger partial charge in [0, 0.05) is 12.8 Å². The average molecular weight is 367 g/mol. The predicted octanol–water partition coefficient (Wildman–Crippen LogP) is 4.07. The lowest BCUT2D eigenvalue weighted by Gasteiger charge is -2.14. The van der Waals surface area contributed by atoms with Crippen molar-refractivity contribution in [3.63, 3.8) is 0 Å². The Bertz CT molecular complexity index is 923. The fourth-order valence-electron chi connectivity index (χ4n) is 2.83. The number of pyridine rings is 1. The Kier molecular flexibility index (Phi) is 7.18. The lowest BCUT2D eigenvalue weighted by Crippen LogP contribution is -2.25. The van der Waals surface area contributed by atoms with E-state index >= 15 is 0 Å². The molecule has 142 valence electrons. The molecule has 0 aliphatic heterocycles. The van der Waals surface area contributed by atoms with E-state index in [2.05, 4.69) is 11.9 Å². The number of rotatable bonds is 8. The second-order valence-electron chi connectivity index (χ2n) is 6.17. The molecule has 1 heterocycles. The zero-order chi connectivity index (χ0) is 19.8. The lowest BCUT2D eigenvalue weighted by atomic mass is 10.1. The van der Waals surface area contributed by atoms with Gasteiger partial charge in [-0.15, -0.1) is 0 Å². The van der Waals surface area contributed by atoms with Crippen molar-refractivity contribution in [3.05, 3.63) is 51.3 Å². The summed E-state index contributed by atoms with van der Waals surface area (Å²) in [5, 5.41) is 20.1. The van der Waals surface area contributed by atoms with Crippen molar-refractivity contribution in [2.24, 2.45) is 4.99 Å². The molecule has 1 aromatic heterocycles. The van der Waals surface area contributed by atoms with Gasteiger partial charge in [0.25, 0.3) is 5.56 Å². The molecule has 6 heteroatoms. The summed E-state index contributed by atoms with van der Waals surface area (Å²) in [5.41, 5.74) is 0.970. The van der Waals surface area contributed by atoms with Gasteiger partial charge in [-0.25, -0.2) is 0 Å². The molecule has 0 saturated heterocycles. The van der Waals surface area contributed by atoms with Gasteiger partial charge in [0.1, 0.15) is 23.1 Å². The molecule has 0 spiro atoms. The molecule has 0 aliphatic rings. The summed E-state index contributed by atoms with van der Waals surface area (Å²) in [4.78, 5) is 16.9. The SMILES string of the molecule is CCCCCn1c(O)c(C=Nc2ccccc2OCC)c(C)c(C#N)c1=O. The molecule has 6 nitrogen and oxygen atoms in total. The van der Waals surface area contributed by atoms with Crippen molar-refractivity contribution in [1.29, 1.82) is 5.26 Å². The van der Waals surface area contributed by atoms with E-state index in [1.807, 2.05) is 31.2 Å². The molecule has 0 saturated carbocycles. The highest BCUT2D eigenvalue weighted by molar-refractivity contribution is 5.87. The first-order valence-corrected chi connectivity index (χ1v) is 9.17. The lowest BCUT2D eigenvalue weighted by molar-refractivity contribution is 0.341. The zero-order valence-corrected chi connectivity index (χ0v) is 16.0. The van der Waals surface area contributed by atoms with Crippen LogP contribution in [0.25, 0.3) is 0 Å². The molecule has 0 aliphatic carbocycles. The van der Waals surface area contributed by atoms with E-state index in [4.69, 9.17) is 4.74 Å². The Hall–Kier alpha value is -3.07. The molecule has 1 aromatic carbocycles. The van der Waals surface area contributed by atoms with Crippen molar-refractivity contribution in [2.75, 3.05) is 6.61 Å². The molecule has 2 aromatic rings. The first-order chi connectivity index (χ1) is 13.0. The Morgan fingerprint density at radius 3 is 2.70 bits per heavy atom. The van der Waals surface area contributed by atoms with Crippen LogP contribution in [0.2, 0.25) is 0 Å². The maximum Gasteiger partial charge on any atom is 0.271 e. The number of para-hydroxylation sites is 2. The van der Waals surface area contributed by atoms with E-state index in [0.29, 0.717) is 35.7 Å². The van der Waals surface area contributed by atoms with Crippen molar-refractivity contribution < 1.29 is 9.84 Å².